The number of fused-ring (bicyclic) bond motifs is 1. The summed E-state index contributed by atoms with van der Waals surface area (Å²) < 4.78 is 5.31. The van der Waals surface area contributed by atoms with Crippen LogP contribution in [0.25, 0.3) is 16.5 Å². The van der Waals surface area contributed by atoms with E-state index < -0.39 is 0 Å². The summed E-state index contributed by atoms with van der Waals surface area (Å²) in [7, 11) is 1.62. The molecule has 3 nitrogen and oxygen atoms in total. The zero-order chi connectivity index (χ0) is 13.7. The van der Waals surface area contributed by atoms with Gasteiger partial charge in [0, 0.05) is 11.8 Å². The van der Waals surface area contributed by atoms with Gasteiger partial charge < -0.3 is 9.72 Å². The monoisotopic (exact) mass is 242 g/mol. The van der Waals surface area contributed by atoms with Crippen molar-refractivity contribution in [3.05, 3.63) is 36.0 Å². The Balaban J connectivity index is 0.000000771. The lowest BCUT2D eigenvalue weighted by atomic mass is 10.0. The zero-order valence-corrected chi connectivity index (χ0v) is 11.3. The first-order valence-electron chi connectivity index (χ1n) is 5.93. The predicted molar refractivity (Wildman–Crippen MR) is 75.6 cm³/mol. The summed E-state index contributed by atoms with van der Waals surface area (Å²) in [5, 5.41) is 9.94. The van der Waals surface area contributed by atoms with Crippen molar-refractivity contribution < 1.29 is 4.74 Å². The molecule has 0 aliphatic rings. The van der Waals surface area contributed by atoms with Gasteiger partial charge in [0.05, 0.1) is 23.6 Å². The highest BCUT2D eigenvalue weighted by atomic mass is 16.5. The van der Waals surface area contributed by atoms with Crippen LogP contribution in [-0.2, 0) is 0 Å². The highest BCUT2D eigenvalue weighted by molar-refractivity contribution is 5.99. The van der Waals surface area contributed by atoms with Gasteiger partial charge in [-0.2, -0.15) is 5.26 Å². The SMILES string of the molecule is C=C(C)c1c[nH]c2c(C#N)ccc(OC)c12.CC. The van der Waals surface area contributed by atoms with Crippen molar-refractivity contribution >= 4 is 16.5 Å². The minimum atomic E-state index is 0.614. The van der Waals surface area contributed by atoms with Crippen LogP contribution in [-0.4, -0.2) is 12.1 Å². The van der Waals surface area contributed by atoms with Crippen molar-refractivity contribution in [2.75, 3.05) is 7.11 Å². The topological polar surface area (TPSA) is 48.8 Å². The Morgan fingerprint density at radius 3 is 2.56 bits per heavy atom. The molecule has 0 atom stereocenters. The fourth-order valence-corrected chi connectivity index (χ4v) is 1.82. The van der Waals surface area contributed by atoms with E-state index in [-0.39, 0.29) is 0 Å². The molecule has 0 aliphatic carbocycles. The third kappa shape index (κ3) is 2.23. The van der Waals surface area contributed by atoms with Gasteiger partial charge in [0.25, 0.3) is 0 Å². The summed E-state index contributed by atoms with van der Waals surface area (Å²) in [4.78, 5) is 3.10. The molecular formula is C15H18N2O. The quantitative estimate of drug-likeness (QED) is 0.861. The number of aromatic nitrogens is 1. The first kappa shape index (κ1) is 13.9. The Morgan fingerprint density at radius 2 is 2.06 bits per heavy atom. The lowest BCUT2D eigenvalue weighted by Gasteiger charge is -2.05. The molecule has 0 fully saturated rings. The molecule has 3 heteroatoms. The largest absolute Gasteiger partial charge is 0.496 e. The van der Waals surface area contributed by atoms with E-state index in [9.17, 15) is 0 Å². The average molecular weight is 242 g/mol. The van der Waals surface area contributed by atoms with Gasteiger partial charge >= 0.3 is 0 Å². The molecule has 1 aromatic carbocycles. The fraction of sp³-hybridized carbons (Fsp3) is 0.267. The van der Waals surface area contributed by atoms with E-state index in [1.54, 1.807) is 19.2 Å². The number of nitriles is 1. The maximum atomic E-state index is 9.01. The van der Waals surface area contributed by atoms with Gasteiger partial charge in [0.1, 0.15) is 11.8 Å². The second-order valence-corrected chi connectivity index (χ2v) is 3.66. The summed E-state index contributed by atoms with van der Waals surface area (Å²) >= 11 is 0. The lowest BCUT2D eigenvalue weighted by molar-refractivity contribution is 0.420. The standard InChI is InChI=1S/C13H12N2O.C2H6/c1-8(2)10-7-15-13-9(6-14)4-5-11(16-3)12(10)13;1-2/h4-5,7,15H,1H2,2-3H3;1-2H3. The van der Waals surface area contributed by atoms with Crippen LogP contribution in [0.2, 0.25) is 0 Å². The van der Waals surface area contributed by atoms with Crippen molar-refractivity contribution in [2.24, 2.45) is 0 Å². The first-order valence-corrected chi connectivity index (χ1v) is 5.93. The molecule has 0 radical (unpaired) electrons. The summed E-state index contributed by atoms with van der Waals surface area (Å²) in [6, 6.07) is 5.71. The van der Waals surface area contributed by atoms with Crippen LogP contribution in [0.4, 0.5) is 0 Å². The van der Waals surface area contributed by atoms with Gasteiger partial charge in [-0.15, -0.1) is 0 Å². The van der Waals surface area contributed by atoms with Crippen molar-refractivity contribution in [1.29, 1.82) is 5.26 Å². The Labute approximate surface area is 108 Å². The molecule has 1 N–H and O–H groups in total. The number of hydrogen-bond acceptors (Lipinski definition) is 2. The number of rotatable bonds is 2. The molecule has 0 amide bonds. The van der Waals surface area contributed by atoms with E-state index in [0.717, 1.165) is 27.8 Å². The number of nitrogens with zero attached hydrogens (tertiary/aromatic N) is 1. The molecule has 18 heavy (non-hydrogen) atoms. The second-order valence-electron chi connectivity index (χ2n) is 3.66. The van der Waals surface area contributed by atoms with Crippen LogP contribution >= 0.6 is 0 Å². The molecule has 0 saturated heterocycles. The van der Waals surface area contributed by atoms with Crippen LogP contribution < -0.4 is 4.74 Å². The average Bonchev–Trinajstić information content (AvgIpc) is 2.85. The van der Waals surface area contributed by atoms with Crippen LogP contribution in [0.3, 0.4) is 0 Å². The van der Waals surface area contributed by atoms with E-state index in [1.165, 1.54) is 0 Å². The Morgan fingerprint density at radius 1 is 1.39 bits per heavy atom. The summed E-state index contributed by atoms with van der Waals surface area (Å²) in [5.74, 6) is 0.758. The predicted octanol–water partition coefficient (Wildman–Crippen LogP) is 4.11. The van der Waals surface area contributed by atoms with Crippen molar-refractivity contribution in [1.82, 2.24) is 4.98 Å². The molecule has 0 spiro atoms. The molecule has 0 unspecified atom stereocenters. The fourth-order valence-electron chi connectivity index (χ4n) is 1.82. The van der Waals surface area contributed by atoms with Crippen molar-refractivity contribution in [3.63, 3.8) is 0 Å². The molecule has 0 aliphatic heterocycles. The number of aromatic amines is 1. The van der Waals surface area contributed by atoms with E-state index >= 15 is 0 Å². The van der Waals surface area contributed by atoms with E-state index in [1.807, 2.05) is 27.0 Å². The number of methoxy groups -OCH3 is 1. The minimum Gasteiger partial charge on any atom is -0.496 e. The maximum Gasteiger partial charge on any atom is 0.128 e. The summed E-state index contributed by atoms with van der Waals surface area (Å²) in [6.07, 6.45) is 1.86. The molecule has 1 aromatic heterocycles. The number of H-pyrrole nitrogens is 1. The lowest BCUT2D eigenvalue weighted by Crippen LogP contribution is -1.87. The van der Waals surface area contributed by atoms with Gasteiger partial charge in [-0.25, -0.2) is 0 Å². The molecule has 1 heterocycles. The summed E-state index contributed by atoms with van der Waals surface area (Å²) in [6.45, 7) is 9.85. The maximum absolute atomic E-state index is 9.01. The minimum absolute atomic E-state index is 0.614. The number of hydrogen-bond donors (Lipinski definition) is 1. The third-order valence-corrected chi connectivity index (χ3v) is 2.60. The highest BCUT2D eigenvalue weighted by Gasteiger charge is 2.12. The van der Waals surface area contributed by atoms with Gasteiger partial charge in [-0.1, -0.05) is 20.4 Å². The second kappa shape index (κ2) is 5.92. The molecule has 0 bridgehead atoms. The summed E-state index contributed by atoms with van der Waals surface area (Å²) in [5.41, 5.74) is 3.35. The van der Waals surface area contributed by atoms with Gasteiger partial charge in [0.15, 0.2) is 0 Å². The number of nitrogens with one attached hydrogen (secondary N) is 1. The third-order valence-electron chi connectivity index (χ3n) is 2.60. The van der Waals surface area contributed by atoms with E-state index in [4.69, 9.17) is 10.00 Å². The van der Waals surface area contributed by atoms with Crippen LogP contribution in [0, 0.1) is 11.3 Å². The smallest absolute Gasteiger partial charge is 0.128 e. The van der Waals surface area contributed by atoms with E-state index in [0.29, 0.717) is 5.56 Å². The number of benzene rings is 1. The van der Waals surface area contributed by atoms with Crippen molar-refractivity contribution in [3.8, 4) is 11.8 Å². The highest BCUT2D eigenvalue weighted by Crippen LogP contribution is 2.33. The molecular weight excluding hydrogens is 224 g/mol. The molecule has 0 saturated carbocycles. The Kier molecular flexibility index (Phi) is 4.56. The van der Waals surface area contributed by atoms with Gasteiger partial charge in [-0.3, -0.25) is 0 Å². The van der Waals surface area contributed by atoms with Gasteiger partial charge in [-0.05, 0) is 24.6 Å². The van der Waals surface area contributed by atoms with Crippen LogP contribution in [0.5, 0.6) is 5.75 Å². The first-order chi connectivity index (χ1) is 8.69. The normalized spacial score (nSPS) is 9.28. The molecule has 94 valence electrons. The Hall–Kier alpha value is -2.21. The number of allylic oxidation sites excluding steroid dienone is 1. The van der Waals surface area contributed by atoms with Gasteiger partial charge in [0.2, 0.25) is 0 Å². The van der Waals surface area contributed by atoms with Crippen molar-refractivity contribution in [2.45, 2.75) is 20.8 Å². The van der Waals surface area contributed by atoms with E-state index in [2.05, 4.69) is 17.6 Å². The number of ether oxygens (including phenoxy) is 1. The zero-order valence-electron chi connectivity index (χ0n) is 11.3. The molecule has 2 rings (SSSR count). The molecule has 2 aromatic rings. The van der Waals surface area contributed by atoms with Crippen LogP contribution in [0.1, 0.15) is 31.9 Å². The van der Waals surface area contributed by atoms with Crippen LogP contribution in [0.15, 0.2) is 24.9 Å². The Bertz CT molecular complexity index is 603.